The lowest BCUT2D eigenvalue weighted by Crippen LogP contribution is -2.46. The Labute approximate surface area is 169 Å². The maximum absolute atomic E-state index is 13.0. The standard InChI is InChI=1S/C22H25FN2O4/c1-2-28-22(27)25-12-10-19(11-13-25)24-21(26)17-4-3-5-20(14-17)29-15-16-6-8-18(23)9-7-16/h3-9,14,19H,2,10-13,15H2,1H3,(H,24,26). The summed E-state index contributed by atoms with van der Waals surface area (Å²) >= 11 is 0. The van der Waals surface area contributed by atoms with E-state index in [1.807, 2.05) is 0 Å². The van der Waals surface area contributed by atoms with Gasteiger partial charge in [-0.05, 0) is 55.7 Å². The molecule has 2 amide bonds. The molecule has 0 atom stereocenters. The number of benzene rings is 2. The van der Waals surface area contributed by atoms with Crippen molar-refractivity contribution in [2.24, 2.45) is 0 Å². The van der Waals surface area contributed by atoms with E-state index in [0.717, 1.165) is 5.56 Å². The summed E-state index contributed by atoms with van der Waals surface area (Å²) in [5.74, 6) is 0.103. The van der Waals surface area contributed by atoms with E-state index in [1.54, 1.807) is 48.2 Å². The summed E-state index contributed by atoms with van der Waals surface area (Å²) in [6, 6.07) is 13.1. The quantitative estimate of drug-likeness (QED) is 0.802. The van der Waals surface area contributed by atoms with E-state index in [0.29, 0.717) is 43.9 Å². The molecule has 1 heterocycles. The molecule has 1 aliphatic rings. The molecule has 0 radical (unpaired) electrons. The van der Waals surface area contributed by atoms with Crippen molar-refractivity contribution in [2.75, 3.05) is 19.7 Å². The van der Waals surface area contributed by atoms with Gasteiger partial charge in [0.05, 0.1) is 6.61 Å². The number of nitrogens with zero attached hydrogens (tertiary/aromatic N) is 1. The number of likely N-dealkylation sites (tertiary alicyclic amines) is 1. The largest absolute Gasteiger partial charge is 0.489 e. The van der Waals surface area contributed by atoms with Crippen LogP contribution in [0.3, 0.4) is 0 Å². The molecule has 1 fully saturated rings. The lowest BCUT2D eigenvalue weighted by molar-refractivity contribution is 0.0859. The van der Waals surface area contributed by atoms with Crippen molar-refractivity contribution in [3.05, 3.63) is 65.5 Å². The Balaban J connectivity index is 1.50. The highest BCUT2D eigenvalue weighted by Crippen LogP contribution is 2.17. The van der Waals surface area contributed by atoms with Gasteiger partial charge in [0.25, 0.3) is 5.91 Å². The van der Waals surface area contributed by atoms with Crippen molar-refractivity contribution in [1.82, 2.24) is 10.2 Å². The third-order valence-electron chi connectivity index (χ3n) is 4.77. The zero-order chi connectivity index (χ0) is 20.6. The van der Waals surface area contributed by atoms with Crippen molar-refractivity contribution in [2.45, 2.75) is 32.4 Å². The Bertz CT molecular complexity index is 833. The number of rotatable bonds is 6. The van der Waals surface area contributed by atoms with Crippen LogP contribution in [0.5, 0.6) is 5.75 Å². The number of ether oxygens (including phenoxy) is 2. The molecule has 1 saturated heterocycles. The minimum Gasteiger partial charge on any atom is -0.489 e. The van der Waals surface area contributed by atoms with Crippen LogP contribution in [0.15, 0.2) is 48.5 Å². The molecular formula is C22H25FN2O4. The van der Waals surface area contributed by atoms with E-state index in [-0.39, 0.29) is 30.5 Å². The number of halogens is 1. The number of amides is 2. The summed E-state index contributed by atoms with van der Waals surface area (Å²) in [4.78, 5) is 26.0. The van der Waals surface area contributed by atoms with Crippen molar-refractivity contribution < 1.29 is 23.5 Å². The smallest absolute Gasteiger partial charge is 0.409 e. The van der Waals surface area contributed by atoms with E-state index in [4.69, 9.17) is 9.47 Å². The molecule has 0 aliphatic carbocycles. The van der Waals surface area contributed by atoms with Crippen molar-refractivity contribution in [3.63, 3.8) is 0 Å². The molecule has 2 aromatic rings. The second kappa shape index (κ2) is 9.91. The molecule has 1 aliphatic heterocycles. The van der Waals surface area contributed by atoms with Crippen LogP contribution in [-0.2, 0) is 11.3 Å². The highest BCUT2D eigenvalue weighted by molar-refractivity contribution is 5.94. The van der Waals surface area contributed by atoms with Gasteiger partial charge in [-0.3, -0.25) is 4.79 Å². The summed E-state index contributed by atoms with van der Waals surface area (Å²) < 4.78 is 23.7. The molecule has 29 heavy (non-hydrogen) atoms. The van der Waals surface area contributed by atoms with Gasteiger partial charge in [0, 0.05) is 24.7 Å². The first kappa shape index (κ1) is 20.6. The van der Waals surface area contributed by atoms with Crippen LogP contribution in [0, 0.1) is 5.82 Å². The van der Waals surface area contributed by atoms with E-state index in [2.05, 4.69) is 5.32 Å². The predicted octanol–water partition coefficient (Wildman–Crippen LogP) is 3.76. The zero-order valence-corrected chi connectivity index (χ0v) is 16.4. The maximum Gasteiger partial charge on any atom is 0.409 e. The first-order valence-electron chi connectivity index (χ1n) is 9.75. The monoisotopic (exact) mass is 400 g/mol. The van der Waals surface area contributed by atoms with Crippen molar-refractivity contribution in [3.8, 4) is 5.75 Å². The Morgan fingerprint density at radius 1 is 1.14 bits per heavy atom. The van der Waals surface area contributed by atoms with Gasteiger partial charge in [0.1, 0.15) is 18.2 Å². The molecule has 0 bridgehead atoms. The van der Waals surface area contributed by atoms with Gasteiger partial charge in [-0.15, -0.1) is 0 Å². The maximum atomic E-state index is 13.0. The molecule has 6 nitrogen and oxygen atoms in total. The first-order valence-corrected chi connectivity index (χ1v) is 9.75. The fourth-order valence-electron chi connectivity index (χ4n) is 3.16. The van der Waals surface area contributed by atoms with Gasteiger partial charge < -0.3 is 19.7 Å². The molecule has 1 N–H and O–H groups in total. The van der Waals surface area contributed by atoms with Gasteiger partial charge in [0.15, 0.2) is 0 Å². The van der Waals surface area contributed by atoms with Crippen LogP contribution < -0.4 is 10.1 Å². The molecule has 0 aromatic heterocycles. The topological polar surface area (TPSA) is 67.9 Å². The normalized spacial score (nSPS) is 14.3. The van der Waals surface area contributed by atoms with Crippen LogP contribution in [0.25, 0.3) is 0 Å². The van der Waals surface area contributed by atoms with Crippen LogP contribution >= 0.6 is 0 Å². The first-order chi connectivity index (χ1) is 14.0. The molecule has 2 aromatic carbocycles. The summed E-state index contributed by atoms with van der Waals surface area (Å²) in [5, 5.41) is 3.02. The average Bonchev–Trinajstić information content (AvgIpc) is 2.74. The molecule has 0 spiro atoms. The van der Waals surface area contributed by atoms with Crippen molar-refractivity contribution >= 4 is 12.0 Å². The van der Waals surface area contributed by atoms with Crippen LogP contribution in [0.2, 0.25) is 0 Å². The fourth-order valence-corrected chi connectivity index (χ4v) is 3.16. The SMILES string of the molecule is CCOC(=O)N1CCC(NC(=O)c2cccc(OCc3ccc(F)cc3)c2)CC1. The summed E-state index contributed by atoms with van der Waals surface area (Å²) in [7, 11) is 0. The zero-order valence-electron chi connectivity index (χ0n) is 16.4. The van der Waals surface area contributed by atoms with E-state index in [1.165, 1.54) is 12.1 Å². The second-order valence-corrected chi connectivity index (χ2v) is 6.88. The lowest BCUT2D eigenvalue weighted by Gasteiger charge is -2.31. The Kier molecular flexibility index (Phi) is 7.05. The molecule has 3 rings (SSSR count). The molecule has 7 heteroatoms. The summed E-state index contributed by atoms with van der Waals surface area (Å²) in [6.07, 6.45) is 1.07. The second-order valence-electron chi connectivity index (χ2n) is 6.88. The number of carbonyl (C=O) groups excluding carboxylic acids is 2. The number of carbonyl (C=O) groups is 2. The Morgan fingerprint density at radius 3 is 2.55 bits per heavy atom. The summed E-state index contributed by atoms with van der Waals surface area (Å²) in [5.41, 5.74) is 1.35. The average molecular weight is 400 g/mol. The Hall–Kier alpha value is -3.09. The lowest BCUT2D eigenvalue weighted by atomic mass is 10.0. The predicted molar refractivity (Wildman–Crippen MR) is 106 cm³/mol. The van der Waals surface area contributed by atoms with Crippen LogP contribution in [-0.4, -0.2) is 42.6 Å². The highest BCUT2D eigenvalue weighted by atomic mass is 19.1. The number of hydrogen-bond donors (Lipinski definition) is 1. The highest BCUT2D eigenvalue weighted by Gasteiger charge is 2.24. The van der Waals surface area contributed by atoms with Gasteiger partial charge in [-0.2, -0.15) is 0 Å². The van der Waals surface area contributed by atoms with E-state index >= 15 is 0 Å². The molecule has 154 valence electrons. The molecule has 0 unspecified atom stereocenters. The van der Waals surface area contributed by atoms with Gasteiger partial charge in [0.2, 0.25) is 0 Å². The minimum atomic E-state index is -0.303. The van der Waals surface area contributed by atoms with Gasteiger partial charge in [-0.1, -0.05) is 18.2 Å². The van der Waals surface area contributed by atoms with Crippen LogP contribution in [0.4, 0.5) is 9.18 Å². The number of hydrogen-bond acceptors (Lipinski definition) is 4. The minimum absolute atomic E-state index is 0.0111. The summed E-state index contributed by atoms with van der Waals surface area (Å²) in [6.45, 7) is 3.55. The third kappa shape index (κ3) is 5.94. The van der Waals surface area contributed by atoms with Crippen LogP contribution in [0.1, 0.15) is 35.7 Å². The third-order valence-corrected chi connectivity index (χ3v) is 4.77. The van der Waals surface area contributed by atoms with Gasteiger partial charge in [-0.25, -0.2) is 9.18 Å². The fraction of sp³-hybridized carbons (Fsp3) is 0.364. The molecular weight excluding hydrogens is 375 g/mol. The van der Waals surface area contributed by atoms with E-state index < -0.39 is 0 Å². The number of nitrogens with one attached hydrogen (secondary N) is 1. The Morgan fingerprint density at radius 2 is 1.86 bits per heavy atom. The number of piperidine rings is 1. The van der Waals surface area contributed by atoms with Crippen molar-refractivity contribution in [1.29, 1.82) is 0 Å². The van der Waals surface area contributed by atoms with E-state index in [9.17, 15) is 14.0 Å². The molecule has 0 saturated carbocycles. The van der Waals surface area contributed by atoms with Gasteiger partial charge >= 0.3 is 6.09 Å².